The summed E-state index contributed by atoms with van der Waals surface area (Å²) in [5, 5.41) is 3.21. The minimum absolute atomic E-state index is 0.0318. The second-order valence-corrected chi connectivity index (χ2v) is 6.68. The Morgan fingerprint density at radius 3 is 2.82 bits per heavy atom. The highest BCUT2D eigenvalue weighted by Crippen LogP contribution is 2.30. The van der Waals surface area contributed by atoms with Crippen molar-refractivity contribution in [3.8, 4) is 0 Å². The largest absolute Gasteiger partial charge is 0.444 e. The van der Waals surface area contributed by atoms with E-state index in [-0.39, 0.29) is 23.9 Å². The van der Waals surface area contributed by atoms with E-state index in [0.717, 1.165) is 12.0 Å². The van der Waals surface area contributed by atoms with Crippen LogP contribution in [0.15, 0.2) is 18.5 Å². The molecule has 1 aliphatic heterocycles. The molecule has 0 spiro atoms. The molecule has 1 amide bonds. The lowest BCUT2D eigenvalue weighted by molar-refractivity contribution is 0.0285. The first-order valence-electron chi connectivity index (χ1n) is 7.56. The first-order chi connectivity index (χ1) is 10.3. The van der Waals surface area contributed by atoms with Gasteiger partial charge in [0.1, 0.15) is 11.4 Å². The molecule has 1 saturated heterocycles. The van der Waals surface area contributed by atoms with Gasteiger partial charge >= 0.3 is 6.09 Å². The van der Waals surface area contributed by atoms with Gasteiger partial charge in [-0.05, 0) is 51.8 Å². The van der Waals surface area contributed by atoms with Crippen molar-refractivity contribution in [2.45, 2.75) is 38.8 Å². The van der Waals surface area contributed by atoms with E-state index in [4.69, 9.17) is 4.74 Å². The summed E-state index contributed by atoms with van der Waals surface area (Å²) >= 11 is 0. The van der Waals surface area contributed by atoms with Gasteiger partial charge in [-0.2, -0.15) is 0 Å². The zero-order chi connectivity index (χ0) is 16.3. The quantitative estimate of drug-likeness (QED) is 0.933. The Kier molecular flexibility index (Phi) is 5.01. The number of pyridine rings is 1. The van der Waals surface area contributed by atoms with Crippen molar-refractivity contribution < 1.29 is 13.9 Å². The maximum Gasteiger partial charge on any atom is 0.410 e. The summed E-state index contributed by atoms with van der Waals surface area (Å²) in [6, 6.07) is 1.46. The molecule has 1 N–H and O–H groups in total. The molecule has 0 saturated carbocycles. The number of amides is 1. The minimum Gasteiger partial charge on any atom is -0.444 e. The molecule has 1 aromatic heterocycles. The highest BCUT2D eigenvalue weighted by atomic mass is 19.1. The highest BCUT2D eigenvalue weighted by molar-refractivity contribution is 5.68. The third-order valence-corrected chi connectivity index (χ3v) is 3.74. The van der Waals surface area contributed by atoms with Gasteiger partial charge in [0.2, 0.25) is 0 Å². The standard InChI is InChI=1S/C16H24FN3O2/c1-16(2,3)22-15(21)20-6-5-11(10-20)14(18-4)12-7-13(17)9-19-8-12/h7-9,11,14,18H,5-6,10H2,1-4H3. The van der Waals surface area contributed by atoms with E-state index in [0.29, 0.717) is 13.1 Å². The van der Waals surface area contributed by atoms with Gasteiger partial charge in [0.05, 0.1) is 6.20 Å². The average Bonchev–Trinajstić information content (AvgIpc) is 2.87. The molecule has 0 aliphatic carbocycles. The summed E-state index contributed by atoms with van der Waals surface area (Å²) in [7, 11) is 1.84. The van der Waals surface area contributed by atoms with Crippen LogP contribution in [0.2, 0.25) is 0 Å². The van der Waals surface area contributed by atoms with E-state index < -0.39 is 5.60 Å². The van der Waals surface area contributed by atoms with E-state index in [1.54, 1.807) is 11.1 Å². The molecule has 0 bridgehead atoms. The molecular formula is C16H24FN3O2. The maximum atomic E-state index is 13.4. The first kappa shape index (κ1) is 16.7. The number of hydrogen-bond acceptors (Lipinski definition) is 4. The number of hydrogen-bond donors (Lipinski definition) is 1. The predicted octanol–water partition coefficient (Wildman–Crippen LogP) is 2.74. The van der Waals surface area contributed by atoms with Crippen LogP contribution in [-0.2, 0) is 4.74 Å². The Hall–Kier alpha value is -1.69. The Morgan fingerprint density at radius 2 is 2.23 bits per heavy atom. The van der Waals surface area contributed by atoms with E-state index >= 15 is 0 Å². The molecule has 1 fully saturated rings. The van der Waals surface area contributed by atoms with E-state index in [1.165, 1.54) is 12.3 Å². The number of likely N-dealkylation sites (tertiary alicyclic amines) is 1. The molecule has 5 nitrogen and oxygen atoms in total. The topological polar surface area (TPSA) is 54.5 Å². The predicted molar refractivity (Wildman–Crippen MR) is 81.9 cm³/mol. The molecule has 0 aromatic carbocycles. The number of halogens is 1. The summed E-state index contributed by atoms with van der Waals surface area (Å²) in [5.41, 5.74) is 0.308. The fourth-order valence-corrected chi connectivity index (χ4v) is 2.82. The molecule has 1 aromatic rings. The van der Waals surface area contributed by atoms with Crippen molar-refractivity contribution in [1.82, 2.24) is 15.2 Å². The lowest BCUT2D eigenvalue weighted by atomic mass is 9.93. The number of aromatic nitrogens is 1. The molecule has 6 heteroatoms. The zero-order valence-electron chi connectivity index (χ0n) is 13.6. The smallest absolute Gasteiger partial charge is 0.410 e. The molecule has 0 radical (unpaired) electrons. The van der Waals surface area contributed by atoms with E-state index in [2.05, 4.69) is 10.3 Å². The van der Waals surface area contributed by atoms with E-state index in [1.807, 2.05) is 27.8 Å². The highest BCUT2D eigenvalue weighted by Gasteiger charge is 2.34. The van der Waals surface area contributed by atoms with Crippen molar-refractivity contribution in [2.75, 3.05) is 20.1 Å². The lowest BCUT2D eigenvalue weighted by Gasteiger charge is -2.26. The number of carbonyl (C=O) groups excluding carboxylic acids is 1. The van der Waals surface area contributed by atoms with Crippen molar-refractivity contribution in [1.29, 1.82) is 0 Å². The molecule has 2 atom stereocenters. The third kappa shape index (κ3) is 4.16. The lowest BCUT2D eigenvalue weighted by Crippen LogP contribution is -2.36. The maximum absolute atomic E-state index is 13.4. The Balaban J connectivity index is 2.03. The molecular weight excluding hydrogens is 285 g/mol. The van der Waals surface area contributed by atoms with E-state index in [9.17, 15) is 9.18 Å². The van der Waals surface area contributed by atoms with Gasteiger partial charge in [-0.15, -0.1) is 0 Å². The van der Waals surface area contributed by atoms with Crippen LogP contribution < -0.4 is 5.32 Å². The number of rotatable bonds is 3. The molecule has 2 heterocycles. The van der Waals surface area contributed by atoms with Crippen molar-refractivity contribution in [2.24, 2.45) is 5.92 Å². The van der Waals surface area contributed by atoms with Crippen LogP contribution in [0.25, 0.3) is 0 Å². The monoisotopic (exact) mass is 309 g/mol. The van der Waals surface area contributed by atoms with Gasteiger partial charge in [-0.25, -0.2) is 9.18 Å². The van der Waals surface area contributed by atoms with Crippen LogP contribution in [0, 0.1) is 11.7 Å². The Morgan fingerprint density at radius 1 is 1.50 bits per heavy atom. The second-order valence-electron chi connectivity index (χ2n) is 6.68. The normalized spacial score (nSPS) is 20.0. The summed E-state index contributed by atoms with van der Waals surface area (Å²) in [5.74, 6) is -0.138. The van der Waals surface area contributed by atoms with Gasteiger partial charge in [0.15, 0.2) is 0 Å². The van der Waals surface area contributed by atoms with Crippen molar-refractivity contribution >= 4 is 6.09 Å². The molecule has 1 aliphatic rings. The second kappa shape index (κ2) is 6.60. The molecule has 2 unspecified atom stereocenters. The van der Waals surface area contributed by atoms with Gasteiger partial charge in [-0.1, -0.05) is 0 Å². The molecule has 2 rings (SSSR count). The molecule has 22 heavy (non-hydrogen) atoms. The van der Waals surface area contributed by atoms with Gasteiger partial charge in [0, 0.05) is 25.3 Å². The summed E-state index contributed by atoms with van der Waals surface area (Å²) < 4.78 is 18.8. The number of nitrogens with zero attached hydrogens (tertiary/aromatic N) is 2. The molecule has 122 valence electrons. The fraction of sp³-hybridized carbons (Fsp3) is 0.625. The summed E-state index contributed by atoms with van der Waals surface area (Å²) in [6.07, 6.45) is 3.42. The van der Waals surface area contributed by atoms with Crippen LogP contribution >= 0.6 is 0 Å². The van der Waals surface area contributed by atoms with Gasteiger partial charge in [-0.3, -0.25) is 4.98 Å². The Bertz CT molecular complexity index is 530. The van der Waals surface area contributed by atoms with Crippen molar-refractivity contribution in [3.05, 3.63) is 29.8 Å². The fourth-order valence-electron chi connectivity index (χ4n) is 2.82. The summed E-state index contributed by atoms with van der Waals surface area (Å²) in [4.78, 5) is 17.7. The van der Waals surface area contributed by atoms with Crippen molar-refractivity contribution in [3.63, 3.8) is 0 Å². The van der Waals surface area contributed by atoms with Gasteiger partial charge < -0.3 is 15.0 Å². The zero-order valence-corrected chi connectivity index (χ0v) is 13.6. The first-order valence-corrected chi connectivity index (χ1v) is 7.56. The Labute approximate surface area is 130 Å². The third-order valence-electron chi connectivity index (χ3n) is 3.74. The van der Waals surface area contributed by atoms with Gasteiger partial charge in [0.25, 0.3) is 0 Å². The van der Waals surface area contributed by atoms with Crippen LogP contribution in [0.1, 0.15) is 38.8 Å². The van der Waals surface area contributed by atoms with Crippen LogP contribution in [0.4, 0.5) is 9.18 Å². The average molecular weight is 309 g/mol. The number of nitrogens with one attached hydrogen (secondary N) is 1. The number of ether oxygens (including phenoxy) is 1. The van der Waals surface area contributed by atoms with Crippen LogP contribution in [0.3, 0.4) is 0 Å². The summed E-state index contributed by atoms with van der Waals surface area (Å²) in [6.45, 7) is 6.81. The number of carbonyl (C=O) groups is 1. The van der Waals surface area contributed by atoms with Crippen LogP contribution in [0.5, 0.6) is 0 Å². The minimum atomic E-state index is -0.496. The SMILES string of the molecule is CNC(c1cncc(F)c1)C1CCN(C(=O)OC(C)(C)C)C1. The van der Waals surface area contributed by atoms with Crippen LogP contribution in [-0.4, -0.2) is 41.7 Å².